The van der Waals surface area contributed by atoms with E-state index in [1.165, 1.54) is 23.3 Å². The minimum Gasteiger partial charge on any atom is -0.363 e. The molecule has 0 atom stereocenters. The second-order valence-corrected chi connectivity index (χ2v) is 10.4. The zero-order valence-electron chi connectivity index (χ0n) is 11.5. The third-order valence-electron chi connectivity index (χ3n) is 3.90. The number of aromatic nitrogens is 1. The van der Waals surface area contributed by atoms with Crippen molar-refractivity contribution in [2.24, 2.45) is 0 Å². The Morgan fingerprint density at radius 3 is 2.06 bits per heavy atom. The van der Waals surface area contributed by atoms with Crippen LogP contribution < -0.4 is 10.1 Å². The van der Waals surface area contributed by atoms with Crippen LogP contribution in [0.2, 0.25) is 23.2 Å². The summed E-state index contributed by atoms with van der Waals surface area (Å²) in [6.45, 7) is 6.86. The number of anilines is 1. The molecule has 0 aliphatic heterocycles. The maximum absolute atomic E-state index is 6.46. The minimum atomic E-state index is -1.41. The van der Waals surface area contributed by atoms with E-state index in [1.54, 1.807) is 0 Å². The Labute approximate surface area is 111 Å². The first-order valence-corrected chi connectivity index (χ1v) is 9.34. The molecule has 96 valence electrons. The van der Waals surface area contributed by atoms with E-state index in [-0.39, 0.29) is 0 Å². The van der Waals surface area contributed by atoms with E-state index in [4.69, 9.17) is 11.6 Å². The summed E-state index contributed by atoms with van der Waals surface area (Å²) in [6.07, 6.45) is 2.01. The molecular formula is C13H23ClN2Si. The number of halogens is 1. The fraction of sp³-hybridized carbons (Fsp3) is 0.615. The molecule has 17 heavy (non-hydrogen) atoms. The van der Waals surface area contributed by atoms with Gasteiger partial charge in [-0.15, -0.1) is 0 Å². The van der Waals surface area contributed by atoms with Crippen molar-refractivity contribution in [1.82, 2.24) is 4.98 Å². The van der Waals surface area contributed by atoms with Crippen molar-refractivity contribution >= 4 is 30.7 Å². The van der Waals surface area contributed by atoms with Crippen molar-refractivity contribution in [3.05, 3.63) is 17.3 Å². The van der Waals surface area contributed by atoms with Gasteiger partial charge in [-0.05, 0) is 11.3 Å². The highest BCUT2D eigenvalue weighted by atomic mass is 35.5. The van der Waals surface area contributed by atoms with Crippen molar-refractivity contribution in [2.45, 2.75) is 38.9 Å². The fourth-order valence-electron chi connectivity index (χ4n) is 2.38. The SMILES string of the molecule is CC[Si](CC)(CC)c1cnc(N(C)C)cc1Cl. The molecule has 4 heteroatoms. The van der Waals surface area contributed by atoms with Gasteiger partial charge >= 0.3 is 0 Å². The highest BCUT2D eigenvalue weighted by Gasteiger charge is 2.31. The van der Waals surface area contributed by atoms with E-state index in [0.29, 0.717) is 0 Å². The van der Waals surface area contributed by atoms with Crippen LogP contribution in [-0.4, -0.2) is 27.2 Å². The molecule has 0 fully saturated rings. The first kappa shape index (κ1) is 14.5. The number of pyridine rings is 1. The molecule has 0 radical (unpaired) electrons. The number of rotatable bonds is 5. The van der Waals surface area contributed by atoms with Crippen molar-refractivity contribution in [3.63, 3.8) is 0 Å². The Morgan fingerprint density at radius 1 is 1.18 bits per heavy atom. The van der Waals surface area contributed by atoms with E-state index in [0.717, 1.165) is 10.8 Å². The van der Waals surface area contributed by atoms with Crippen LogP contribution in [0.4, 0.5) is 5.82 Å². The summed E-state index contributed by atoms with van der Waals surface area (Å²) in [7, 11) is 2.57. The second-order valence-electron chi connectivity index (χ2n) is 4.76. The molecule has 0 saturated carbocycles. The quantitative estimate of drug-likeness (QED) is 0.761. The van der Waals surface area contributed by atoms with Gasteiger partial charge in [-0.3, -0.25) is 0 Å². The molecule has 0 amide bonds. The monoisotopic (exact) mass is 270 g/mol. The molecule has 0 N–H and O–H groups in total. The summed E-state index contributed by atoms with van der Waals surface area (Å²) >= 11 is 6.46. The lowest BCUT2D eigenvalue weighted by Gasteiger charge is -2.29. The van der Waals surface area contributed by atoms with Gasteiger partial charge in [0, 0.05) is 25.3 Å². The second kappa shape index (κ2) is 5.87. The Bertz CT molecular complexity index is 367. The van der Waals surface area contributed by atoms with Gasteiger partial charge in [0.25, 0.3) is 0 Å². The Morgan fingerprint density at radius 2 is 1.71 bits per heavy atom. The van der Waals surface area contributed by atoms with Crippen LogP contribution >= 0.6 is 11.6 Å². The average Bonchev–Trinajstić information content (AvgIpc) is 2.33. The van der Waals surface area contributed by atoms with Crippen LogP contribution in [0.5, 0.6) is 0 Å². The maximum atomic E-state index is 6.46. The van der Waals surface area contributed by atoms with Gasteiger partial charge < -0.3 is 4.90 Å². The molecule has 0 unspecified atom stereocenters. The molecule has 1 aromatic heterocycles. The summed E-state index contributed by atoms with van der Waals surface area (Å²) in [4.78, 5) is 6.51. The zero-order chi connectivity index (χ0) is 13.1. The van der Waals surface area contributed by atoms with Gasteiger partial charge in [0.2, 0.25) is 0 Å². The minimum absolute atomic E-state index is 0.904. The molecule has 1 heterocycles. The van der Waals surface area contributed by atoms with Crippen LogP contribution in [0.25, 0.3) is 0 Å². The number of hydrogen-bond acceptors (Lipinski definition) is 2. The first-order valence-electron chi connectivity index (χ1n) is 6.34. The summed E-state index contributed by atoms with van der Waals surface area (Å²) in [6, 6.07) is 5.72. The summed E-state index contributed by atoms with van der Waals surface area (Å²) in [5.41, 5.74) is 0. The van der Waals surface area contributed by atoms with E-state index in [9.17, 15) is 0 Å². The largest absolute Gasteiger partial charge is 0.363 e. The van der Waals surface area contributed by atoms with Crippen molar-refractivity contribution in [3.8, 4) is 0 Å². The molecule has 0 saturated heterocycles. The molecular weight excluding hydrogens is 248 g/mol. The van der Waals surface area contributed by atoms with Gasteiger partial charge in [-0.25, -0.2) is 4.98 Å². The van der Waals surface area contributed by atoms with E-state index >= 15 is 0 Å². The summed E-state index contributed by atoms with van der Waals surface area (Å²) < 4.78 is 0. The van der Waals surface area contributed by atoms with Gasteiger partial charge in [-0.1, -0.05) is 50.5 Å². The van der Waals surface area contributed by atoms with Gasteiger partial charge in [0.05, 0.1) is 8.07 Å². The predicted molar refractivity (Wildman–Crippen MR) is 80.4 cm³/mol. The van der Waals surface area contributed by atoms with E-state index in [2.05, 4.69) is 25.8 Å². The molecule has 0 aromatic carbocycles. The first-order chi connectivity index (χ1) is 8.00. The van der Waals surface area contributed by atoms with E-state index in [1.807, 2.05) is 31.3 Å². The highest BCUT2D eigenvalue weighted by molar-refractivity contribution is 6.93. The Balaban J connectivity index is 3.22. The normalized spacial score (nSPS) is 11.6. The smallest absolute Gasteiger partial charge is 0.129 e. The predicted octanol–water partition coefficient (Wildman–Crippen LogP) is 3.52. The third kappa shape index (κ3) is 2.83. The lowest BCUT2D eigenvalue weighted by Crippen LogP contribution is -2.46. The van der Waals surface area contributed by atoms with Gasteiger partial charge in [0.1, 0.15) is 5.82 Å². The van der Waals surface area contributed by atoms with Crippen molar-refractivity contribution < 1.29 is 0 Å². The lowest BCUT2D eigenvalue weighted by atomic mass is 10.4. The molecule has 0 aliphatic carbocycles. The Kier molecular flexibility index (Phi) is 5.01. The standard InChI is InChI=1S/C13H23ClN2Si/c1-6-17(7-2,8-3)12-10-15-13(16(4)5)9-11(12)14/h9-10H,6-8H2,1-5H3. The average molecular weight is 271 g/mol. The van der Waals surface area contributed by atoms with Crippen LogP contribution in [0.15, 0.2) is 12.3 Å². The van der Waals surface area contributed by atoms with Crippen LogP contribution in [-0.2, 0) is 0 Å². The molecule has 0 aliphatic rings. The fourth-order valence-corrected chi connectivity index (χ4v) is 6.68. The van der Waals surface area contributed by atoms with Crippen LogP contribution in [0.1, 0.15) is 20.8 Å². The Hall–Kier alpha value is -0.543. The van der Waals surface area contributed by atoms with Crippen LogP contribution in [0, 0.1) is 0 Å². The topological polar surface area (TPSA) is 16.1 Å². The summed E-state index contributed by atoms with van der Waals surface area (Å²) in [5, 5.41) is 2.23. The number of nitrogens with zero attached hydrogens (tertiary/aromatic N) is 2. The maximum Gasteiger partial charge on any atom is 0.129 e. The van der Waals surface area contributed by atoms with E-state index < -0.39 is 8.07 Å². The molecule has 1 aromatic rings. The van der Waals surface area contributed by atoms with Crippen LogP contribution in [0.3, 0.4) is 0 Å². The molecule has 2 nitrogen and oxygen atoms in total. The molecule has 1 rings (SSSR count). The number of hydrogen-bond donors (Lipinski definition) is 0. The van der Waals surface area contributed by atoms with Crippen molar-refractivity contribution in [2.75, 3.05) is 19.0 Å². The lowest BCUT2D eigenvalue weighted by molar-refractivity contribution is 1.07. The zero-order valence-corrected chi connectivity index (χ0v) is 13.3. The summed E-state index contributed by atoms with van der Waals surface area (Å²) in [5.74, 6) is 0.935. The van der Waals surface area contributed by atoms with Gasteiger partial charge in [0.15, 0.2) is 0 Å². The third-order valence-corrected chi connectivity index (χ3v) is 9.97. The highest BCUT2D eigenvalue weighted by Crippen LogP contribution is 2.25. The molecule has 0 bridgehead atoms. The van der Waals surface area contributed by atoms with Crippen molar-refractivity contribution in [1.29, 1.82) is 0 Å². The molecule has 0 spiro atoms. The van der Waals surface area contributed by atoms with Gasteiger partial charge in [-0.2, -0.15) is 0 Å².